The molecule has 1 fully saturated rings. The Balaban J connectivity index is 1.37. The molecular weight excluding hydrogens is 438 g/mol. The number of benzene rings is 1. The largest absolute Gasteiger partial charge is 0.462 e. The first-order valence-corrected chi connectivity index (χ1v) is 12.5. The van der Waals surface area contributed by atoms with Crippen LogP contribution < -0.4 is 5.32 Å². The van der Waals surface area contributed by atoms with Gasteiger partial charge in [0, 0.05) is 36.6 Å². The second kappa shape index (κ2) is 10.5. The number of amides is 2. The summed E-state index contributed by atoms with van der Waals surface area (Å²) in [7, 11) is 0. The van der Waals surface area contributed by atoms with E-state index in [0.717, 1.165) is 24.8 Å². The minimum atomic E-state index is -0.354. The first-order chi connectivity index (χ1) is 16.0. The number of thiophene rings is 1. The third-order valence-corrected chi connectivity index (χ3v) is 7.46. The number of anilines is 1. The number of hydrogen-bond donors (Lipinski definition) is 1. The number of nitrogens with one attached hydrogen (secondary N) is 1. The zero-order chi connectivity index (χ0) is 23.4. The molecule has 0 radical (unpaired) electrons. The van der Waals surface area contributed by atoms with Crippen molar-refractivity contribution in [2.45, 2.75) is 33.1 Å². The maximum Gasteiger partial charge on any atom is 0.341 e. The minimum Gasteiger partial charge on any atom is -0.462 e. The van der Waals surface area contributed by atoms with Crippen molar-refractivity contribution in [1.29, 1.82) is 0 Å². The van der Waals surface area contributed by atoms with Crippen molar-refractivity contribution in [3.05, 3.63) is 51.9 Å². The molecule has 0 spiro atoms. The molecule has 8 heteroatoms. The van der Waals surface area contributed by atoms with Crippen molar-refractivity contribution in [2.24, 2.45) is 5.92 Å². The first kappa shape index (κ1) is 23.4. The number of nitrogens with zero attached hydrogens (tertiary/aromatic N) is 2. The number of hydrogen-bond acceptors (Lipinski definition) is 6. The fourth-order valence-corrected chi connectivity index (χ4v) is 5.91. The summed E-state index contributed by atoms with van der Waals surface area (Å²) in [5.74, 6) is 0.102. The minimum absolute atomic E-state index is 0.0252. The zero-order valence-electron chi connectivity index (χ0n) is 19.3. The second-order valence-corrected chi connectivity index (χ2v) is 9.86. The molecule has 2 amide bonds. The third-order valence-electron chi connectivity index (χ3n) is 6.29. The van der Waals surface area contributed by atoms with Crippen molar-refractivity contribution in [3.63, 3.8) is 0 Å². The van der Waals surface area contributed by atoms with E-state index in [0.29, 0.717) is 54.8 Å². The fraction of sp³-hybridized carbons (Fsp3) is 0.480. The van der Waals surface area contributed by atoms with Gasteiger partial charge in [-0.15, -0.1) is 11.3 Å². The van der Waals surface area contributed by atoms with Crippen LogP contribution >= 0.6 is 11.3 Å². The molecule has 176 valence electrons. The summed E-state index contributed by atoms with van der Waals surface area (Å²) in [6, 6.07) is 9.27. The molecule has 1 unspecified atom stereocenters. The predicted molar refractivity (Wildman–Crippen MR) is 129 cm³/mol. The van der Waals surface area contributed by atoms with Crippen LogP contribution in [0.1, 0.15) is 51.4 Å². The van der Waals surface area contributed by atoms with E-state index in [1.807, 2.05) is 40.1 Å². The van der Waals surface area contributed by atoms with E-state index in [4.69, 9.17) is 4.74 Å². The number of carbonyl (C=O) groups is 3. The summed E-state index contributed by atoms with van der Waals surface area (Å²) < 4.78 is 5.29. The van der Waals surface area contributed by atoms with E-state index in [1.54, 1.807) is 6.92 Å². The van der Waals surface area contributed by atoms with E-state index < -0.39 is 0 Å². The summed E-state index contributed by atoms with van der Waals surface area (Å²) in [6.45, 7) is 6.98. The van der Waals surface area contributed by atoms with Crippen LogP contribution in [0.4, 0.5) is 5.00 Å². The van der Waals surface area contributed by atoms with Crippen molar-refractivity contribution < 1.29 is 19.1 Å². The maximum atomic E-state index is 12.8. The Kier molecular flexibility index (Phi) is 7.45. The van der Waals surface area contributed by atoms with Gasteiger partial charge >= 0.3 is 5.97 Å². The Bertz CT molecular complexity index is 1010. The maximum absolute atomic E-state index is 12.8. The number of carbonyl (C=O) groups excluding carboxylic acids is 3. The van der Waals surface area contributed by atoms with Crippen LogP contribution in [-0.4, -0.2) is 66.9 Å². The van der Waals surface area contributed by atoms with Gasteiger partial charge in [-0.05, 0) is 49.8 Å². The predicted octanol–water partition coefficient (Wildman–Crippen LogP) is 3.45. The van der Waals surface area contributed by atoms with Crippen LogP contribution in [0.25, 0.3) is 0 Å². The van der Waals surface area contributed by atoms with Gasteiger partial charge < -0.3 is 15.0 Å². The summed E-state index contributed by atoms with van der Waals surface area (Å²) in [4.78, 5) is 43.2. The molecule has 33 heavy (non-hydrogen) atoms. The molecule has 1 saturated heterocycles. The summed E-state index contributed by atoms with van der Waals surface area (Å²) in [5, 5.41) is 3.59. The molecule has 1 aromatic heterocycles. The lowest BCUT2D eigenvalue weighted by atomic mass is 9.88. The van der Waals surface area contributed by atoms with Crippen LogP contribution in [0.2, 0.25) is 0 Å². The van der Waals surface area contributed by atoms with Gasteiger partial charge in [0.1, 0.15) is 5.00 Å². The molecule has 1 aromatic carbocycles. The smallest absolute Gasteiger partial charge is 0.341 e. The number of ether oxygens (including phenoxy) is 1. The van der Waals surface area contributed by atoms with E-state index in [1.165, 1.54) is 16.2 Å². The van der Waals surface area contributed by atoms with Gasteiger partial charge in [-0.1, -0.05) is 25.1 Å². The number of fused-ring (bicyclic) bond motifs is 1. The van der Waals surface area contributed by atoms with Gasteiger partial charge in [0.15, 0.2) is 0 Å². The molecular formula is C25H31N3O4S. The SMILES string of the molecule is CCOC(=O)c1c(NC(=O)CN2CCN(C(=O)c3ccccc3)CC2)sc2c1CCC(C)C2. The Labute approximate surface area is 198 Å². The molecule has 7 nitrogen and oxygen atoms in total. The normalized spacial score (nSPS) is 18.5. The summed E-state index contributed by atoms with van der Waals surface area (Å²) in [5.41, 5.74) is 2.27. The third kappa shape index (κ3) is 5.45. The highest BCUT2D eigenvalue weighted by molar-refractivity contribution is 7.17. The van der Waals surface area contributed by atoms with Crippen LogP contribution in [0, 0.1) is 5.92 Å². The molecule has 1 aliphatic carbocycles. The Hall–Kier alpha value is -2.71. The van der Waals surface area contributed by atoms with E-state index in [-0.39, 0.29) is 24.3 Å². The van der Waals surface area contributed by atoms with E-state index in [9.17, 15) is 14.4 Å². The van der Waals surface area contributed by atoms with Crippen LogP contribution in [0.15, 0.2) is 30.3 Å². The summed E-state index contributed by atoms with van der Waals surface area (Å²) in [6.07, 6.45) is 2.81. The van der Waals surface area contributed by atoms with Gasteiger partial charge in [0.2, 0.25) is 5.91 Å². The van der Waals surface area contributed by atoms with Gasteiger partial charge in [-0.2, -0.15) is 0 Å². The van der Waals surface area contributed by atoms with Crippen molar-refractivity contribution in [2.75, 3.05) is 44.6 Å². The Morgan fingerprint density at radius 1 is 1.12 bits per heavy atom. The van der Waals surface area contributed by atoms with Crippen LogP contribution in [0.3, 0.4) is 0 Å². The van der Waals surface area contributed by atoms with Gasteiger partial charge in [-0.25, -0.2) is 4.79 Å². The lowest BCUT2D eigenvalue weighted by Crippen LogP contribution is -2.50. The quantitative estimate of drug-likeness (QED) is 0.656. The highest BCUT2D eigenvalue weighted by atomic mass is 32.1. The Morgan fingerprint density at radius 3 is 2.55 bits per heavy atom. The summed E-state index contributed by atoms with van der Waals surface area (Å²) >= 11 is 1.51. The highest BCUT2D eigenvalue weighted by Crippen LogP contribution is 2.40. The van der Waals surface area contributed by atoms with Gasteiger partial charge in [-0.3, -0.25) is 14.5 Å². The monoisotopic (exact) mass is 469 g/mol. The van der Waals surface area contributed by atoms with Gasteiger partial charge in [0.05, 0.1) is 18.7 Å². The molecule has 0 bridgehead atoms. The van der Waals surface area contributed by atoms with Crippen molar-refractivity contribution in [1.82, 2.24) is 9.80 Å². The molecule has 1 atom stereocenters. The number of esters is 1. The standard InChI is InChI=1S/C25H31N3O4S/c1-3-32-25(31)22-19-10-9-17(2)15-20(19)33-23(22)26-21(29)16-27-11-13-28(14-12-27)24(30)18-7-5-4-6-8-18/h4-8,17H,3,9-16H2,1-2H3,(H,26,29). The first-order valence-electron chi connectivity index (χ1n) is 11.6. The Morgan fingerprint density at radius 2 is 1.85 bits per heavy atom. The molecule has 4 rings (SSSR count). The lowest BCUT2D eigenvalue weighted by molar-refractivity contribution is -0.117. The fourth-order valence-electron chi connectivity index (χ4n) is 4.50. The molecule has 2 aliphatic rings. The molecule has 1 aliphatic heterocycles. The zero-order valence-corrected chi connectivity index (χ0v) is 20.1. The van der Waals surface area contributed by atoms with Crippen molar-refractivity contribution in [3.8, 4) is 0 Å². The van der Waals surface area contributed by atoms with E-state index in [2.05, 4.69) is 12.2 Å². The van der Waals surface area contributed by atoms with Gasteiger partial charge in [0.25, 0.3) is 5.91 Å². The topological polar surface area (TPSA) is 79.0 Å². The van der Waals surface area contributed by atoms with E-state index >= 15 is 0 Å². The average molecular weight is 470 g/mol. The molecule has 1 N–H and O–H groups in total. The molecule has 0 saturated carbocycles. The molecule has 2 aromatic rings. The number of piperazine rings is 1. The number of rotatable bonds is 6. The van der Waals surface area contributed by atoms with Crippen LogP contribution in [-0.2, 0) is 22.4 Å². The lowest BCUT2D eigenvalue weighted by Gasteiger charge is -2.34. The molecule has 2 heterocycles. The average Bonchev–Trinajstić information content (AvgIpc) is 3.16. The van der Waals surface area contributed by atoms with Crippen molar-refractivity contribution >= 4 is 34.1 Å². The second-order valence-electron chi connectivity index (χ2n) is 8.76. The van der Waals surface area contributed by atoms with Crippen LogP contribution in [0.5, 0.6) is 0 Å². The highest BCUT2D eigenvalue weighted by Gasteiger charge is 2.30.